The van der Waals surface area contributed by atoms with Gasteiger partial charge in [0.1, 0.15) is 5.78 Å². The van der Waals surface area contributed by atoms with E-state index >= 15 is 0 Å². The molecular formula is C21H32O2S. The summed E-state index contributed by atoms with van der Waals surface area (Å²) in [6.07, 6.45) is 9.95. The molecule has 24 heavy (non-hydrogen) atoms. The van der Waals surface area contributed by atoms with E-state index in [1.165, 1.54) is 18.4 Å². The van der Waals surface area contributed by atoms with E-state index in [4.69, 9.17) is 12.6 Å². The zero-order valence-electron chi connectivity index (χ0n) is 15.3. The zero-order chi connectivity index (χ0) is 17.3. The Hall–Kier alpha value is -0.280. The number of fused-ring (bicyclic) bond motifs is 5. The molecule has 0 amide bonds. The van der Waals surface area contributed by atoms with Crippen LogP contribution in [0.4, 0.5) is 0 Å². The van der Waals surface area contributed by atoms with E-state index in [-0.39, 0.29) is 28.1 Å². The van der Waals surface area contributed by atoms with E-state index in [0.717, 1.165) is 38.0 Å². The fourth-order valence-corrected chi connectivity index (χ4v) is 8.17. The van der Waals surface area contributed by atoms with E-state index in [2.05, 4.69) is 19.9 Å². The van der Waals surface area contributed by atoms with Crippen molar-refractivity contribution in [3.63, 3.8) is 0 Å². The van der Waals surface area contributed by atoms with Crippen LogP contribution in [0.3, 0.4) is 0 Å². The number of Topliss-reactive ketones (excluding diaryl/α,β-unsaturated/α-hetero) is 1. The monoisotopic (exact) mass is 348 g/mol. The van der Waals surface area contributed by atoms with Crippen LogP contribution < -0.4 is 0 Å². The molecule has 0 radical (unpaired) electrons. The molecule has 0 spiro atoms. The van der Waals surface area contributed by atoms with Crippen molar-refractivity contribution in [1.29, 1.82) is 0 Å². The molecule has 1 N–H and O–H groups in total. The number of carbonyl (C=O) groups is 1. The standard InChI is InChI=1S/C21H32O2S/c1-12(22)19-18(24)11-17-15-5-4-13-10-14(23)6-8-20(13,2)16(15)7-9-21(17,19)3/h4,14-19,23-24H,5-11H2,1-3H3/t14-,15+,16-,17-,18-,19-,20-,21-/m0/s1. The highest BCUT2D eigenvalue weighted by Gasteiger charge is 2.61. The predicted octanol–water partition coefficient (Wildman–Crippen LogP) is 4.42. The minimum absolute atomic E-state index is 0.134. The van der Waals surface area contributed by atoms with Gasteiger partial charge in [-0.15, -0.1) is 0 Å². The number of carbonyl (C=O) groups excluding carboxylic acids is 1. The summed E-state index contributed by atoms with van der Waals surface area (Å²) < 4.78 is 0. The van der Waals surface area contributed by atoms with Gasteiger partial charge in [0.05, 0.1) is 6.10 Å². The maximum atomic E-state index is 12.3. The summed E-state index contributed by atoms with van der Waals surface area (Å²) in [5.74, 6) is 2.55. The maximum Gasteiger partial charge on any atom is 0.134 e. The Morgan fingerprint density at radius 2 is 2.00 bits per heavy atom. The number of ketones is 1. The van der Waals surface area contributed by atoms with Gasteiger partial charge in [-0.1, -0.05) is 25.5 Å². The van der Waals surface area contributed by atoms with Gasteiger partial charge in [-0.05, 0) is 80.5 Å². The molecule has 3 fully saturated rings. The lowest BCUT2D eigenvalue weighted by Gasteiger charge is -2.57. The molecule has 3 saturated carbocycles. The number of allylic oxidation sites excluding steroid dienone is 1. The number of rotatable bonds is 1. The molecule has 3 heteroatoms. The van der Waals surface area contributed by atoms with Crippen LogP contribution in [-0.2, 0) is 4.79 Å². The van der Waals surface area contributed by atoms with Crippen LogP contribution in [0.2, 0.25) is 0 Å². The van der Waals surface area contributed by atoms with Crippen LogP contribution in [-0.4, -0.2) is 22.2 Å². The summed E-state index contributed by atoms with van der Waals surface area (Å²) in [6.45, 7) is 6.61. The zero-order valence-corrected chi connectivity index (χ0v) is 16.2. The largest absolute Gasteiger partial charge is 0.393 e. The smallest absolute Gasteiger partial charge is 0.134 e. The van der Waals surface area contributed by atoms with E-state index < -0.39 is 0 Å². The third-order valence-corrected chi connectivity index (χ3v) is 9.05. The molecule has 4 aliphatic rings. The molecule has 2 nitrogen and oxygen atoms in total. The summed E-state index contributed by atoms with van der Waals surface area (Å²) in [4.78, 5) is 12.3. The first-order valence-corrected chi connectivity index (χ1v) is 10.3. The lowest BCUT2D eigenvalue weighted by Crippen LogP contribution is -2.51. The minimum Gasteiger partial charge on any atom is -0.393 e. The summed E-state index contributed by atoms with van der Waals surface area (Å²) in [5.41, 5.74) is 1.95. The molecular weight excluding hydrogens is 316 g/mol. The topological polar surface area (TPSA) is 37.3 Å². The van der Waals surface area contributed by atoms with Crippen LogP contribution in [0.5, 0.6) is 0 Å². The van der Waals surface area contributed by atoms with Crippen LogP contribution in [0, 0.1) is 34.5 Å². The van der Waals surface area contributed by atoms with Gasteiger partial charge in [0.25, 0.3) is 0 Å². The van der Waals surface area contributed by atoms with Crippen molar-refractivity contribution in [3.05, 3.63) is 11.6 Å². The Morgan fingerprint density at radius 1 is 1.25 bits per heavy atom. The molecule has 4 aliphatic carbocycles. The summed E-state index contributed by atoms with van der Waals surface area (Å²) >= 11 is 4.85. The highest BCUT2D eigenvalue weighted by Crippen LogP contribution is 2.66. The molecule has 0 aromatic carbocycles. The Balaban J connectivity index is 1.68. The van der Waals surface area contributed by atoms with Crippen molar-refractivity contribution >= 4 is 18.4 Å². The molecule has 8 atom stereocenters. The van der Waals surface area contributed by atoms with E-state index in [9.17, 15) is 9.90 Å². The van der Waals surface area contributed by atoms with E-state index in [0.29, 0.717) is 17.6 Å². The second-order valence-electron chi connectivity index (χ2n) is 9.59. The fraction of sp³-hybridized carbons (Fsp3) is 0.857. The average molecular weight is 349 g/mol. The second-order valence-corrected chi connectivity index (χ2v) is 10.3. The van der Waals surface area contributed by atoms with Gasteiger partial charge < -0.3 is 5.11 Å². The number of hydrogen-bond donors (Lipinski definition) is 2. The van der Waals surface area contributed by atoms with Crippen molar-refractivity contribution in [2.24, 2.45) is 34.5 Å². The van der Waals surface area contributed by atoms with Gasteiger partial charge in [-0.2, -0.15) is 12.6 Å². The molecule has 0 unspecified atom stereocenters. The van der Waals surface area contributed by atoms with Gasteiger partial charge in [0, 0.05) is 11.2 Å². The van der Waals surface area contributed by atoms with Crippen molar-refractivity contribution in [1.82, 2.24) is 0 Å². The number of aliphatic hydroxyl groups excluding tert-OH is 1. The second kappa shape index (κ2) is 5.61. The average Bonchev–Trinajstić information content (AvgIpc) is 2.78. The van der Waals surface area contributed by atoms with Crippen molar-refractivity contribution < 1.29 is 9.90 Å². The minimum atomic E-state index is -0.134. The highest BCUT2D eigenvalue weighted by molar-refractivity contribution is 7.81. The first-order valence-electron chi connectivity index (χ1n) is 9.83. The van der Waals surface area contributed by atoms with Crippen LogP contribution in [0.25, 0.3) is 0 Å². The normalized spacial score (nSPS) is 53.6. The summed E-state index contributed by atoms with van der Waals surface area (Å²) in [7, 11) is 0. The Morgan fingerprint density at radius 3 is 2.71 bits per heavy atom. The van der Waals surface area contributed by atoms with Gasteiger partial charge in [0.15, 0.2) is 0 Å². The molecule has 0 aliphatic heterocycles. The van der Waals surface area contributed by atoms with Crippen molar-refractivity contribution in [2.45, 2.75) is 77.1 Å². The predicted molar refractivity (Wildman–Crippen MR) is 100 cm³/mol. The SMILES string of the molecule is CC(=O)[C@H]1[C@@H](S)C[C@H]2[C@@H]3CC=C4C[C@@H](O)CC[C@]4(C)[C@H]3CC[C@@]21C. The third kappa shape index (κ3) is 2.23. The molecule has 0 aromatic heterocycles. The summed E-state index contributed by atoms with van der Waals surface area (Å²) in [6, 6.07) is 0. The van der Waals surface area contributed by atoms with Gasteiger partial charge in [-0.25, -0.2) is 0 Å². The van der Waals surface area contributed by atoms with Crippen molar-refractivity contribution in [3.8, 4) is 0 Å². The highest BCUT2D eigenvalue weighted by atomic mass is 32.1. The number of thiol groups is 1. The molecule has 0 saturated heterocycles. The Kier molecular flexibility index (Phi) is 4.01. The van der Waals surface area contributed by atoms with Crippen LogP contribution in [0.15, 0.2) is 11.6 Å². The van der Waals surface area contributed by atoms with Crippen LogP contribution >= 0.6 is 12.6 Å². The van der Waals surface area contributed by atoms with Gasteiger partial charge in [-0.3, -0.25) is 4.79 Å². The van der Waals surface area contributed by atoms with E-state index in [1.807, 2.05) is 0 Å². The molecule has 4 rings (SSSR count). The fourth-order valence-electron chi connectivity index (χ4n) is 7.39. The molecule has 0 heterocycles. The Bertz CT molecular complexity index is 584. The van der Waals surface area contributed by atoms with Crippen molar-refractivity contribution in [2.75, 3.05) is 0 Å². The van der Waals surface area contributed by atoms with Gasteiger partial charge in [0.2, 0.25) is 0 Å². The maximum absolute atomic E-state index is 12.3. The lowest BCUT2D eigenvalue weighted by atomic mass is 9.47. The summed E-state index contributed by atoms with van der Waals surface area (Å²) in [5, 5.41) is 10.3. The Labute approximate surface area is 151 Å². The molecule has 0 aromatic rings. The first kappa shape index (κ1) is 17.1. The molecule has 0 bridgehead atoms. The quantitative estimate of drug-likeness (QED) is 0.543. The lowest BCUT2D eigenvalue weighted by molar-refractivity contribution is -0.127. The number of aliphatic hydroxyl groups is 1. The molecule has 134 valence electrons. The first-order chi connectivity index (χ1) is 11.3. The third-order valence-electron chi connectivity index (χ3n) is 8.54. The van der Waals surface area contributed by atoms with E-state index in [1.54, 1.807) is 6.92 Å². The number of hydrogen-bond acceptors (Lipinski definition) is 3. The van der Waals surface area contributed by atoms with Crippen LogP contribution in [0.1, 0.15) is 65.7 Å². The van der Waals surface area contributed by atoms with Gasteiger partial charge >= 0.3 is 0 Å².